The zero-order chi connectivity index (χ0) is 18.7. The Bertz CT molecular complexity index is 774. The molecule has 0 atom stereocenters. The average molecular weight is 394 g/mol. The maximum absolute atomic E-state index is 13.0. The van der Waals surface area contributed by atoms with Gasteiger partial charge in [0, 0.05) is 52.5 Å². The molecular formula is C14H23FN4O4S2. The van der Waals surface area contributed by atoms with Crippen LogP contribution in [0.1, 0.15) is 0 Å². The molecule has 8 nitrogen and oxygen atoms in total. The molecule has 0 spiro atoms. The highest BCUT2D eigenvalue weighted by atomic mass is 32.2. The molecule has 1 aromatic rings. The van der Waals surface area contributed by atoms with Crippen LogP contribution in [0.5, 0.6) is 0 Å². The van der Waals surface area contributed by atoms with Crippen molar-refractivity contribution in [1.29, 1.82) is 0 Å². The number of piperazine rings is 1. The largest absolute Gasteiger partial charge is 0.369 e. The van der Waals surface area contributed by atoms with Crippen LogP contribution < -0.4 is 9.62 Å². The van der Waals surface area contributed by atoms with Gasteiger partial charge in [0.2, 0.25) is 10.0 Å². The molecule has 142 valence electrons. The summed E-state index contributed by atoms with van der Waals surface area (Å²) < 4.78 is 65.4. The van der Waals surface area contributed by atoms with E-state index in [9.17, 15) is 21.2 Å². The van der Waals surface area contributed by atoms with E-state index in [4.69, 9.17) is 0 Å². The van der Waals surface area contributed by atoms with Crippen molar-refractivity contribution in [2.24, 2.45) is 0 Å². The van der Waals surface area contributed by atoms with Gasteiger partial charge in [-0.05, 0) is 24.3 Å². The quantitative estimate of drug-likeness (QED) is 0.684. The molecule has 2 rings (SSSR count). The highest BCUT2D eigenvalue weighted by molar-refractivity contribution is 7.89. The second-order valence-corrected chi connectivity index (χ2v) is 9.92. The van der Waals surface area contributed by atoms with Crippen LogP contribution in [-0.2, 0) is 20.2 Å². The Morgan fingerprint density at radius 2 is 1.60 bits per heavy atom. The summed E-state index contributed by atoms with van der Waals surface area (Å²) in [5.41, 5.74) is 0.845. The number of hydrogen-bond donors (Lipinski definition) is 1. The molecule has 11 heteroatoms. The minimum Gasteiger partial charge on any atom is -0.369 e. The van der Waals surface area contributed by atoms with Gasteiger partial charge in [-0.25, -0.2) is 17.5 Å². The fraction of sp³-hybridized carbons (Fsp3) is 0.571. The van der Waals surface area contributed by atoms with Crippen molar-refractivity contribution < 1.29 is 21.2 Å². The van der Waals surface area contributed by atoms with Crippen LogP contribution in [0.25, 0.3) is 0 Å². The lowest BCUT2D eigenvalue weighted by Gasteiger charge is -2.35. The molecule has 1 saturated heterocycles. The van der Waals surface area contributed by atoms with Gasteiger partial charge in [0.05, 0.1) is 5.75 Å². The number of nitrogens with zero attached hydrogens (tertiary/aromatic N) is 3. The van der Waals surface area contributed by atoms with E-state index >= 15 is 0 Å². The molecular weight excluding hydrogens is 371 g/mol. The van der Waals surface area contributed by atoms with E-state index in [2.05, 4.69) is 4.72 Å². The first-order valence-corrected chi connectivity index (χ1v) is 10.8. The Labute approximate surface area is 148 Å². The Morgan fingerprint density at radius 1 is 1.04 bits per heavy atom. The van der Waals surface area contributed by atoms with Crippen LogP contribution in [0, 0.1) is 5.82 Å². The van der Waals surface area contributed by atoms with Crippen molar-refractivity contribution in [3.63, 3.8) is 0 Å². The van der Waals surface area contributed by atoms with Crippen molar-refractivity contribution in [2.45, 2.75) is 0 Å². The summed E-state index contributed by atoms with van der Waals surface area (Å²) in [6.45, 7) is 1.42. The summed E-state index contributed by atoms with van der Waals surface area (Å²) in [4.78, 5) is 1.99. The van der Waals surface area contributed by atoms with E-state index < -0.39 is 20.2 Å². The number of nitrogens with one attached hydrogen (secondary N) is 1. The lowest BCUT2D eigenvalue weighted by atomic mass is 10.2. The topological polar surface area (TPSA) is 90.0 Å². The maximum Gasteiger partial charge on any atom is 0.278 e. The fourth-order valence-corrected chi connectivity index (χ4v) is 4.52. The van der Waals surface area contributed by atoms with Gasteiger partial charge < -0.3 is 4.90 Å². The summed E-state index contributed by atoms with van der Waals surface area (Å²) in [5.74, 6) is -0.610. The van der Waals surface area contributed by atoms with Gasteiger partial charge in [-0.15, -0.1) is 0 Å². The molecule has 0 saturated carbocycles. The van der Waals surface area contributed by atoms with Gasteiger partial charge in [0.25, 0.3) is 10.2 Å². The molecule has 0 amide bonds. The summed E-state index contributed by atoms with van der Waals surface area (Å²) in [6.07, 6.45) is 0. The third-order valence-electron chi connectivity index (χ3n) is 3.95. The third-order valence-corrected chi connectivity index (χ3v) is 7.35. The first kappa shape index (κ1) is 20.0. The zero-order valence-corrected chi connectivity index (χ0v) is 15.9. The van der Waals surface area contributed by atoms with Crippen molar-refractivity contribution in [3.05, 3.63) is 30.1 Å². The summed E-state index contributed by atoms with van der Waals surface area (Å²) >= 11 is 0. The first-order valence-electron chi connectivity index (χ1n) is 7.77. The van der Waals surface area contributed by atoms with E-state index in [1.165, 1.54) is 30.5 Å². The minimum absolute atomic E-state index is 0.180. The number of halogens is 1. The van der Waals surface area contributed by atoms with Crippen LogP contribution in [0.15, 0.2) is 24.3 Å². The molecule has 0 unspecified atom stereocenters. The van der Waals surface area contributed by atoms with Gasteiger partial charge in [0.1, 0.15) is 5.82 Å². The Balaban J connectivity index is 1.87. The van der Waals surface area contributed by atoms with Crippen molar-refractivity contribution in [1.82, 2.24) is 13.3 Å². The predicted molar refractivity (Wildman–Crippen MR) is 94.6 cm³/mol. The second-order valence-electron chi connectivity index (χ2n) is 5.86. The van der Waals surface area contributed by atoms with E-state index in [-0.39, 0.29) is 18.1 Å². The van der Waals surface area contributed by atoms with Crippen molar-refractivity contribution in [3.8, 4) is 0 Å². The molecule has 1 aromatic carbocycles. The van der Waals surface area contributed by atoms with E-state index in [0.29, 0.717) is 26.2 Å². The van der Waals surface area contributed by atoms with Gasteiger partial charge in [0.15, 0.2) is 0 Å². The first-order chi connectivity index (χ1) is 11.6. The molecule has 1 aliphatic heterocycles. The van der Waals surface area contributed by atoms with Gasteiger partial charge in [-0.2, -0.15) is 17.0 Å². The molecule has 0 aromatic heterocycles. The predicted octanol–water partition coefficient (Wildman–Crippen LogP) is -0.326. The maximum atomic E-state index is 13.0. The lowest BCUT2D eigenvalue weighted by molar-refractivity contribution is 0.385. The molecule has 1 aliphatic rings. The zero-order valence-electron chi connectivity index (χ0n) is 14.2. The van der Waals surface area contributed by atoms with Crippen LogP contribution >= 0.6 is 0 Å². The molecule has 1 N–H and O–H groups in total. The minimum atomic E-state index is -3.64. The Kier molecular flexibility index (Phi) is 6.38. The highest BCUT2D eigenvalue weighted by Gasteiger charge is 2.27. The van der Waals surface area contributed by atoms with E-state index in [0.717, 1.165) is 9.99 Å². The third kappa shape index (κ3) is 5.35. The lowest BCUT2D eigenvalue weighted by Crippen LogP contribution is -2.50. The van der Waals surface area contributed by atoms with E-state index in [1.807, 2.05) is 4.90 Å². The van der Waals surface area contributed by atoms with Crippen molar-refractivity contribution >= 4 is 25.9 Å². The molecule has 1 fully saturated rings. The average Bonchev–Trinajstić information content (AvgIpc) is 2.55. The van der Waals surface area contributed by atoms with Crippen LogP contribution in [0.4, 0.5) is 10.1 Å². The van der Waals surface area contributed by atoms with Crippen LogP contribution in [-0.4, -0.2) is 78.0 Å². The Morgan fingerprint density at radius 3 is 2.12 bits per heavy atom. The monoisotopic (exact) mass is 394 g/mol. The van der Waals surface area contributed by atoms with Gasteiger partial charge in [-0.3, -0.25) is 0 Å². The fourth-order valence-electron chi connectivity index (χ4n) is 2.43. The summed E-state index contributed by atoms with van der Waals surface area (Å²) in [7, 11) is -4.45. The summed E-state index contributed by atoms with van der Waals surface area (Å²) in [5, 5.41) is 0. The summed E-state index contributed by atoms with van der Waals surface area (Å²) in [6, 6.07) is 6.07. The molecule has 1 heterocycles. The number of benzene rings is 1. The molecule has 0 bridgehead atoms. The number of rotatable bonds is 7. The molecule has 25 heavy (non-hydrogen) atoms. The van der Waals surface area contributed by atoms with Crippen LogP contribution in [0.3, 0.4) is 0 Å². The van der Waals surface area contributed by atoms with Crippen molar-refractivity contribution in [2.75, 3.05) is 57.5 Å². The van der Waals surface area contributed by atoms with Crippen LogP contribution in [0.2, 0.25) is 0 Å². The second kappa shape index (κ2) is 7.96. The van der Waals surface area contributed by atoms with E-state index in [1.54, 1.807) is 12.1 Å². The highest BCUT2D eigenvalue weighted by Crippen LogP contribution is 2.18. The smallest absolute Gasteiger partial charge is 0.278 e. The van der Waals surface area contributed by atoms with Gasteiger partial charge >= 0.3 is 0 Å². The number of sulfonamides is 1. The molecule has 0 radical (unpaired) electrons. The standard InChI is InChI=1S/C14H23FN4O4S2/c1-17(2)25(22,23)16-7-12-24(20,21)19-10-8-18(9-11-19)14-5-3-13(15)4-6-14/h3-6,16H,7-12H2,1-2H3. The normalized spacial score (nSPS) is 17.2. The SMILES string of the molecule is CN(C)S(=O)(=O)NCCS(=O)(=O)N1CCN(c2ccc(F)cc2)CC1. The van der Waals surface area contributed by atoms with Gasteiger partial charge in [-0.1, -0.05) is 0 Å². The number of hydrogen-bond acceptors (Lipinski definition) is 5. The number of anilines is 1. The Hall–Kier alpha value is -1.27. The molecule has 0 aliphatic carbocycles.